The fourth-order valence-electron chi connectivity index (χ4n) is 1.84. The summed E-state index contributed by atoms with van der Waals surface area (Å²) in [5.74, 6) is -0.216. The lowest BCUT2D eigenvalue weighted by Gasteiger charge is -2.20. The van der Waals surface area contributed by atoms with Crippen LogP contribution in [-0.4, -0.2) is 36.1 Å². The maximum Gasteiger partial charge on any atom is 0.123 e. The summed E-state index contributed by atoms with van der Waals surface area (Å²) >= 11 is 1.59. The molecule has 1 N–H and O–H groups in total. The fraction of sp³-hybridized carbons (Fsp3) is 0.438. The van der Waals surface area contributed by atoms with Crippen LogP contribution in [0.25, 0.3) is 10.6 Å². The van der Waals surface area contributed by atoms with Crippen LogP contribution in [0.4, 0.5) is 4.39 Å². The second-order valence-corrected chi connectivity index (χ2v) is 6.26. The Balaban J connectivity index is 1.82. The summed E-state index contributed by atoms with van der Waals surface area (Å²) in [7, 11) is 2.13. The molecule has 0 radical (unpaired) electrons. The highest BCUT2D eigenvalue weighted by molar-refractivity contribution is 7.13. The third-order valence-electron chi connectivity index (χ3n) is 3.47. The Hall–Kier alpha value is -1.30. The van der Waals surface area contributed by atoms with Gasteiger partial charge >= 0.3 is 0 Å². The van der Waals surface area contributed by atoms with Crippen LogP contribution in [0, 0.1) is 5.82 Å². The van der Waals surface area contributed by atoms with Gasteiger partial charge in [0, 0.05) is 36.6 Å². The molecule has 5 heteroatoms. The molecule has 0 saturated heterocycles. The van der Waals surface area contributed by atoms with Crippen LogP contribution in [0.15, 0.2) is 29.6 Å². The van der Waals surface area contributed by atoms with Gasteiger partial charge in [-0.05, 0) is 45.2 Å². The van der Waals surface area contributed by atoms with Gasteiger partial charge in [-0.2, -0.15) is 0 Å². The second kappa shape index (κ2) is 7.64. The molecule has 114 valence electrons. The number of thiazole rings is 1. The van der Waals surface area contributed by atoms with Crippen LogP contribution in [0.5, 0.6) is 0 Å². The van der Waals surface area contributed by atoms with E-state index in [0.717, 1.165) is 35.9 Å². The fourth-order valence-corrected chi connectivity index (χ4v) is 2.67. The molecular weight excluding hydrogens is 285 g/mol. The molecule has 1 aromatic carbocycles. The Morgan fingerprint density at radius 1 is 1.29 bits per heavy atom. The predicted molar refractivity (Wildman–Crippen MR) is 87.0 cm³/mol. The van der Waals surface area contributed by atoms with Crippen LogP contribution in [0.1, 0.15) is 19.5 Å². The molecule has 21 heavy (non-hydrogen) atoms. The van der Waals surface area contributed by atoms with E-state index in [9.17, 15) is 4.39 Å². The van der Waals surface area contributed by atoms with Gasteiger partial charge in [-0.3, -0.25) is 0 Å². The molecule has 2 rings (SSSR count). The van der Waals surface area contributed by atoms with E-state index in [4.69, 9.17) is 0 Å². The first-order chi connectivity index (χ1) is 10.1. The molecule has 2 aromatic rings. The zero-order chi connectivity index (χ0) is 15.2. The number of nitrogens with zero attached hydrogens (tertiary/aromatic N) is 2. The van der Waals surface area contributed by atoms with Crippen molar-refractivity contribution < 1.29 is 4.39 Å². The van der Waals surface area contributed by atoms with E-state index in [2.05, 4.69) is 41.5 Å². The number of aromatic nitrogens is 1. The van der Waals surface area contributed by atoms with Crippen LogP contribution < -0.4 is 5.32 Å². The molecule has 0 bridgehead atoms. The quantitative estimate of drug-likeness (QED) is 0.795. The predicted octanol–water partition coefficient (Wildman–Crippen LogP) is 3.38. The molecular formula is C16H22FN3S. The number of likely N-dealkylation sites (N-methyl/N-ethyl adjacent to an activating group) is 1. The third-order valence-corrected chi connectivity index (χ3v) is 4.41. The van der Waals surface area contributed by atoms with Crippen molar-refractivity contribution >= 4 is 11.3 Å². The molecule has 0 unspecified atom stereocenters. The molecule has 0 spiro atoms. The monoisotopic (exact) mass is 307 g/mol. The molecule has 0 fully saturated rings. The minimum atomic E-state index is -0.216. The summed E-state index contributed by atoms with van der Waals surface area (Å²) in [6.07, 6.45) is 0. The van der Waals surface area contributed by atoms with Gasteiger partial charge < -0.3 is 10.2 Å². The zero-order valence-electron chi connectivity index (χ0n) is 12.8. The minimum absolute atomic E-state index is 0.216. The number of halogens is 1. The second-order valence-electron chi connectivity index (χ2n) is 5.40. The largest absolute Gasteiger partial charge is 0.310 e. The highest BCUT2D eigenvalue weighted by atomic mass is 32.1. The average Bonchev–Trinajstić information content (AvgIpc) is 2.93. The van der Waals surface area contributed by atoms with Crippen molar-refractivity contribution in [3.8, 4) is 10.6 Å². The summed E-state index contributed by atoms with van der Waals surface area (Å²) in [5, 5.41) is 6.39. The smallest absolute Gasteiger partial charge is 0.123 e. The SMILES string of the molecule is CC(C)N(C)CCNCc1csc(-c2ccc(F)cc2)n1. The Labute approximate surface area is 129 Å². The lowest BCUT2D eigenvalue weighted by Crippen LogP contribution is -2.33. The van der Waals surface area contributed by atoms with E-state index in [0.29, 0.717) is 6.04 Å². The molecule has 3 nitrogen and oxygen atoms in total. The van der Waals surface area contributed by atoms with Gasteiger partial charge in [-0.1, -0.05) is 0 Å². The van der Waals surface area contributed by atoms with Crippen molar-refractivity contribution in [1.29, 1.82) is 0 Å². The van der Waals surface area contributed by atoms with Crippen molar-refractivity contribution in [2.24, 2.45) is 0 Å². The van der Waals surface area contributed by atoms with Gasteiger partial charge in [0.1, 0.15) is 10.8 Å². The van der Waals surface area contributed by atoms with E-state index in [1.54, 1.807) is 23.5 Å². The van der Waals surface area contributed by atoms with Gasteiger partial charge in [0.15, 0.2) is 0 Å². The van der Waals surface area contributed by atoms with E-state index >= 15 is 0 Å². The summed E-state index contributed by atoms with van der Waals surface area (Å²) in [6, 6.07) is 7.04. The van der Waals surface area contributed by atoms with Gasteiger partial charge in [-0.25, -0.2) is 9.37 Å². The third kappa shape index (κ3) is 4.88. The lowest BCUT2D eigenvalue weighted by molar-refractivity contribution is 0.273. The standard InChI is InChI=1S/C16H22FN3S/c1-12(2)20(3)9-8-18-10-15-11-21-16(19-15)13-4-6-14(17)7-5-13/h4-7,11-12,18H,8-10H2,1-3H3. The van der Waals surface area contributed by atoms with Crippen molar-refractivity contribution in [3.05, 3.63) is 41.2 Å². The first-order valence-corrected chi connectivity index (χ1v) is 8.05. The molecule has 0 aliphatic carbocycles. The first-order valence-electron chi connectivity index (χ1n) is 7.17. The van der Waals surface area contributed by atoms with Crippen LogP contribution in [0.2, 0.25) is 0 Å². The van der Waals surface area contributed by atoms with E-state index in [1.807, 2.05) is 0 Å². The number of hydrogen-bond donors (Lipinski definition) is 1. The Morgan fingerprint density at radius 3 is 2.67 bits per heavy atom. The maximum absolute atomic E-state index is 12.9. The lowest BCUT2D eigenvalue weighted by atomic mass is 10.2. The summed E-state index contributed by atoms with van der Waals surface area (Å²) in [5.41, 5.74) is 2.00. The molecule has 0 saturated carbocycles. The molecule has 0 amide bonds. The number of rotatable bonds is 7. The normalized spacial score (nSPS) is 11.5. The first kappa shape index (κ1) is 16.1. The van der Waals surface area contributed by atoms with Crippen LogP contribution in [0.3, 0.4) is 0 Å². The molecule has 0 aliphatic heterocycles. The zero-order valence-corrected chi connectivity index (χ0v) is 13.6. The summed E-state index contributed by atoms with van der Waals surface area (Å²) in [4.78, 5) is 6.89. The van der Waals surface area contributed by atoms with E-state index in [-0.39, 0.29) is 5.82 Å². The van der Waals surface area contributed by atoms with Crippen LogP contribution in [-0.2, 0) is 6.54 Å². The highest BCUT2D eigenvalue weighted by Crippen LogP contribution is 2.23. The van der Waals surface area contributed by atoms with Crippen LogP contribution >= 0.6 is 11.3 Å². The molecule has 1 aromatic heterocycles. The van der Waals surface area contributed by atoms with Crippen molar-refractivity contribution in [3.63, 3.8) is 0 Å². The van der Waals surface area contributed by atoms with E-state index < -0.39 is 0 Å². The van der Waals surface area contributed by atoms with Gasteiger partial charge in [0.2, 0.25) is 0 Å². The number of hydrogen-bond acceptors (Lipinski definition) is 4. The van der Waals surface area contributed by atoms with Crippen molar-refractivity contribution in [1.82, 2.24) is 15.2 Å². The van der Waals surface area contributed by atoms with Gasteiger partial charge in [0.25, 0.3) is 0 Å². The number of benzene rings is 1. The maximum atomic E-state index is 12.9. The minimum Gasteiger partial charge on any atom is -0.310 e. The highest BCUT2D eigenvalue weighted by Gasteiger charge is 2.05. The van der Waals surface area contributed by atoms with Crippen molar-refractivity contribution in [2.75, 3.05) is 20.1 Å². The Bertz CT molecular complexity index is 551. The topological polar surface area (TPSA) is 28.2 Å². The van der Waals surface area contributed by atoms with Gasteiger partial charge in [0.05, 0.1) is 5.69 Å². The average molecular weight is 307 g/mol. The summed E-state index contributed by atoms with van der Waals surface area (Å²) in [6.45, 7) is 7.11. The van der Waals surface area contributed by atoms with E-state index in [1.165, 1.54) is 12.1 Å². The summed E-state index contributed by atoms with van der Waals surface area (Å²) < 4.78 is 12.9. The molecule has 0 aliphatic rings. The Morgan fingerprint density at radius 2 is 2.00 bits per heavy atom. The van der Waals surface area contributed by atoms with Crippen molar-refractivity contribution in [2.45, 2.75) is 26.4 Å². The number of nitrogens with one attached hydrogen (secondary N) is 1. The molecule has 0 atom stereocenters. The molecule has 1 heterocycles. The van der Waals surface area contributed by atoms with Gasteiger partial charge in [-0.15, -0.1) is 11.3 Å². The Kier molecular flexibility index (Phi) is 5.85.